The van der Waals surface area contributed by atoms with Gasteiger partial charge in [-0.15, -0.1) is 0 Å². The van der Waals surface area contributed by atoms with Crippen molar-refractivity contribution in [1.29, 1.82) is 5.26 Å². The number of hydrogen-bond donors (Lipinski definition) is 1. The van der Waals surface area contributed by atoms with Gasteiger partial charge in [-0.1, -0.05) is 13.8 Å². The molecule has 0 unspecified atom stereocenters. The van der Waals surface area contributed by atoms with Gasteiger partial charge in [0.05, 0.1) is 17.5 Å². The number of aryl methyl sites for hydroxylation is 1. The Bertz CT molecular complexity index is 432. The molecule has 1 amide bonds. The van der Waals surface area contributed by atoms with Crippen LogP contribution in [0, 0.1) is 18.3 Å². The molecule has 4 nitrogen and oxygen atoms in total. The van der Waals surface area contributed by atoms with Crippen LogP contribution in [0.5, 0.6) is 0 Å². The molecule has 0 aromatic carbocycles. The zero-order valence-electron chi connectivity index (χ0n) is 9.74. The number of nitrogens with one attached hydrogen (secondary N) is 1. The Kier molecular flexibility index (Phi) is 4.01. The Morgan fingerprint density at radius 2 is 2.31 bits per heavy atom. The molecule has 0 radical (unpaired) electrons. The van der Waals surface area contributed by atoms with Gasteiger partial charge in [-0.25, -0.2) is 0 Å². The van der Waals surface area contributed by atoms with Crippen LogP contribution in [0.1, 0.15) is 37.4 Å². The molecule has 1 heterocycles. The Hall–Kier alpha value is -1.89. The highest BCUT2D eigenvalue weighted by atomic mass is 16.1. The van der Waals surface area contributed by atoms with Gasteiger partial charge < -0.3 is 5.32 Å². The summed E-state index contributed by atoms with van der Waals surface area (Å²) in [5, 5.41) is 11.2. The first-order valence-corrected chi connectivity index (χ1v) is 5.18. The minimum absolute atomic E-state index is 0.133. The highest BCUT2D eigenvalue weighted by molar-refractivity contribution is 5.93. The lowest BCUT2D eigenvalue weighted by Crippen LogP contribution is -2.14. The highest BCUT2D eigenvalue weighted by Gasteiger charge is 2.12. The van der Waals surface area contributed by atoms with Gasteiger partial charge in [-0.2, -0.15) is 5.26 Å². The van der Waals surface area contributed by atoms with Crippen molar-refractivity contribution in [3.63, 3.8) is 0 Å². The summed E-state index contributed by atoms with van der Waals surface area (Å²) in [4.78, 5) is 15.6. The lowest BCUT2D eigenvalue weighted by molar-refractivity contribution is -0.115. The van der Waals surface area contributed by atoms with Crippen molar-refractivity contribution in [1.82, 2.24) is 4.98 Å². The summed E-state index contributed by atoms with van der Waals surface area (Å²) in [7, 11) is 0. The first-order valence-electron chi connectivity index (χ1n) is 5.18. The van der Waals surface area contributed by atoms with E-state index in [1.54, 1.807) is 6.20 Å². The number of aromatic nitrogens is 1. The molecular weight excluding hydrogens is 202 g/mol. The average molecular weight is 217 g/mol. The predicted molar refractivity (Wildman–Crippen MR) is 61.9 cm³/mol. The molecule has 1 rings (SSSR count). The molecule has 4 heteroatoms. The van der Waals surface area contributed by atoms with Crippen LogP contribution >= 0.6 is 0 Å². The summed E-state index contributed by atoms with van der Waals surface area (Å²) in [5.41, 5.74) is 2.55. The standard InChI is InChI=1S/C12H15N3O/c1-8(2)11-12(9(3)5-7-14-11)15-10(16)4-6-13/h5,7-8H,4H2,1-3H3,(H,15,16). The molecule has 0 aliphatic carbocycles. The predicted octanol–water partition coefficient (Wildman–Crippen LogP) is 2.37. The van der Waals surface area contributed by atoms with Crippen LogP contribution in [-0.4, -0.2) is 10.9 Å². The van der Waals surface area contributed by atoms with Gasteiger partial charge in [0.1, 0.15) is 6.42 Å². The van der Waals surface area contributed by atoms with Crippen molar-refractivity contribution >= 4 is 11.6 Å². The van der Waals surface area contributed by atoms with E-state index in [9.17, 15) is 4.79 Å². The van der Waals surface area contributed by atoms with E-state index in [4.69, 9.17) is 5.26 Å². The van der Waals surface area contributed by atoms with Crippen LogP contribution in [0.3, 0.4) is 0 Å². The molecule has 0 fully saturated rings. The van der Waals surface area contributed by atoms with Crippen LogP contribution in [0.25, 0.3) is 0 Å². The molecule has 1 aromatic heterocycles. The minimum Gasteiger partial charge on any atom is -0.323 e. The fourth-order valence-electron chi connectivity index (χ4n) is 1.44. The average Bonchev–Trinajstić information content (AvgIpc) is 2.21. The van der Waals surface area contributed by atoms with E-state index >= 15 is 0 Å². The molecule has 1 N–H and O–H groups in total. The van der Waals surface area contributed by atoms with Crippen LogP contribution in [-0.2, 0) is 4.79 Å². The summed E-state index contributed by atoms with van der Waals surface area (Å²) in [6.07, 6.45) is 1.59. The molecule has 0 atom stereocenters. The zero-order chi connectivity index (χ0) is 12.1. The van der Waals surface area contributed by atoms with Crippen LogP contribution in [0.4, 0.5) is 5.69 Å². The number of carbonyl (C=O) groups is 1. The summed E-state index contributed by atoms with van der Waals surface area (Å²) in [5.74, 6) is -0.0576. The molecule has 0 saturated heterocycles. The minimum atomic E-state index is -0.291. The lowest BCUT2D eigenvalue weighted by Gasteiger charge is -2.14. The van der Waals surface area contributed by atoms with Gasteiger partial charge in [0.25, 0.3) is 0 Å². The first kappa shape index (κ1) is 12.2. The molecule has 0 aliphatic heterocycles. The zero-order valence-corrected chi connectivity index (χ0v) is 9.74. The van der Waals surface area contributed by atoms with Gasteiger partial charge in [-0.3, -0.25) is 9.78 Å². The molecule has 1 aromatic rings. The first-order chi connectivity index (χ1) is 7.56. The van der Waals surface area contributed by atoms with Crippen molar-refractivity contribution < 1.29 is 4.79 Å². The molecule has 0 aliphatic rings. The van der Waals surface area contributed by atoms with Crippen molar-refractivity contribution in [3.05, 3.63) is 23.5 Å². The van der Waals surface area contributed by atoms with Crippen molar-refractivity contribution in [2.75, 3.05) is 5.32 Å². The largest absolute Gasteiger partial charge is 0.323 e. The topological polar surface area (TPSA) is 65.8 Å². The fourth-order valence-corrected chi connectivity index (χ4v) is 1.44. The number of amides is 1. The summed E-state index contributed by atoms with van der Waals surface area (Å²) in [6, 6.07) is 3.66. The second-order valence-corrected chi connectivity index (χ2v) is 3.93. The normalized spacial score (nSPS) is 9.94. The summed E-state index contributed by atoms with van der Waals surface area (Å²) < 4.78 is 0. The second-order valence-electron chi connectivity index (χ2n) is 3.93. The molecular formula is C12H15N3O. The van der Waals surface area contributed by atoms with Crippen molar-refractivity contribution in [3.8, 4) is 6.07 Å². The number of rotatable bonds is 3. The molecule has 84 valence electrons. The van der Waals surface area contributed by atoms with Crippen molar-refractivity contribution in [2.45, 2.75) is 33.1 Å². The Labute approximate surface area is 95.3 Å². The third-order valence-corrected chi connectivity index (χ3v) is 2.24. The van der Waals surface area contributed by atoms with E-state index in [0.717, 1.165) is 16.9 Å². The summed E-state index contributed by atoms with van der Waals surface area (Å²) in [6.45, 7) is 5.94. The van der Waals surface area contributed by atoms with Gasteiger partial charge in [-0.05, 0) is 24.5 Å². The van der Waals surface area contributed by atoms with E-state index in [1.165, 1.54) is 0 Å². The number of anilines is 1. The highest BCUT2D eigenvalue weighted by Crippen LogP contribution is 2.25. The molecule has 0 spiro atoms. The van der Waals surface area contributed by atoms with E-state index in [2.05, 4.69) is 10.3 Å². The maximum atomic E-state index is 11.4. The van der Waals surface area contributed by atoms with E-state index in [1.807, 2.05) is 32.9 Å². The van der Waals surface area contributed by atoms with E-state index in [-0.39, 0.29) is 18.2 Å². The van der Waals surface area contributed by atoms with Gasteiger partial charge in [0, 0.05) is 6.20 Å². The molecule has 16 heavy (non-hydrogen) atoms. The number of pyridine rings is 1. The molecule has 0 saturated carbocycles. The Balaban J connectivity index is 3.02. The Morgan fingerprint density at radius 1 is 1.62 bits per heavy atom. The monoisotopic (exact) mass is 217 g/mol. The fraction of sp³-hybridized carbons (Fsp3) is 0.417. The van der Waals surface area contributed by atoms with Crippen LogP contribution in [0.15, 0.2) is 12.3 Å². The van der Waals surface area contributed by atoms with E-state index in [0.29, 0.717) is 0 Å². The number of carbonyl (C=O) groups excluding carboxylic acids is 1. The smallest absolute Gasteiger partial charge is 0.238 e. The van der Waals surface area contributed by atoms with E-state index < -0.39 is 0 Å². The Morgan fingerprint density at radius 3 is 2.88 bits per heavy atom. The quantitative estimate of drug-likeness (QED) is 0.845. The lowest BCUT2D eigenvalue weighted by atomic mass is 10.0. The number of nitrogens with zero attached hydrogens (tertiary/aromatic N) is 2. The summed E-state index contributed by atoms with van der Waals surface area (Å²) >= 11 is 0. The van der Waals surface area contributed by atoms with Gasteiger partial charge >= 0.3 is 0 Å². The third-order valence-electron chi connectivity index (χ3n) is 2.24. The number of nitriles is 1. The molecule has 0 bridgehead atoms. The number of hydrogen-bond acceptors (Lipinski definition) is 3. The third kappa shape index (κ3) is 2.80. The van der Waals surface area contributed by atoms with Gasteiger partial charge in [0.15, 0.2) is 0 Å². The second kappa shape index (κ2) is 5.26. The SMILES string of the molecule is Cc1ccnc(C(C)C)c1NC(=O)CC#N. The van der Waals surface area contributed by atoms with Gasteiger partial charge in [0.2, 0.25) is 5.91 Å². The maximum Gasteiger partial charge on any atom is 0.238 e. The maximum absolute atomic E-state index is 11.4. The van der Waals surface area contributed by atoms with Crippen LogP contribution in [0.2, 0.25) is 0 Å². The van der Waals surface area contributed by atoms with Crippen LogP contribution < -0.4 is 5.32 Å². The van der Waals surface area contributed by atoms with Crippen molar-refractivity contribution in [2.24, 2.45) is 0 Å².